The second-order valence-electron chi connectivity index (χ2n) is 4.57. The Labute approximate surface area is 102 Å². The van der Waals surface area contributed by atoms with E-state index >= 15 is 0 Å². The lowest BCUT2D eigenvalue weighted by atomic mass is 10.2. The molecular weight excluding hydrogens is 218 g/mol. The van der Waals surface area contributed by atoms with Gasteiger partial charge in [0.2, 0.25) is 5.89 Å². The Morgan fingerprint density at radius 3 is 2.59 bits per heavy atom. The van der Waals surface area contributed by atoms with Crippen LogP contribution in [0.5, 0.6) is 0 Å². The van der Waals surface area contributed by atoms with Gasteiger partial charge in [0.05, 0.1) is 0 Å². The number of rotatable bonds is 5. The number of unbranched alkanes of at least 4 members (excludes halogenated alkanes) is 1. The lowest BCUT2D eigenvalue weighted by Crippen LogP contribution is -2.24. The molecule has 1 aliphatic rings. The minimum Gasteiger partial charge on any atom is -0.396 e. The van der Waals surface area contributed by atoms with E-state index in [-0.39, 0.29) is 6.61 Å². The van der Waals surface area contributed by atoms with E-state index in [4.69, 9.17) is 9.63 Å². The van der Waals surface area contributed by atoms with Crippen LogP contribution in [0.3, 0.4) is 0 Å². The highest BCUT2D eigenvalue weighted by Crippen LogP contribution is 2.16. The third-order valence-electron chi connectivity index (χ3n) is 3.15. The molecule has 0 unspecified atom stereocenters. The molecule has 17 heavy (non-hydrogen) atoms. The van der Waals surface area contributed by atoms with Crippen LogP contribution >= 0.6 is 0 Å². The van der Waals surface area contributed by atoms with Crippen LogP contribution in [0.1, 0.15) is 44.4 Å². The lowest BCUT2D eigenvalue weighted by molar-refractivity contribution is 0.281. The molecular formula is C12H21N3O2. The molecule has 1 aromatic heterocycles. The van der Waals surface area contributed by atoms with E-state index in [9.17, 15) is 0 Å². The summed E-state index contributed by atoms with van der Waals surface area (Å²) in [5.41, 5.74) is 0. The van der Waals surface area contributed by atoms with Crippen molar-refractivity contribution in [1.82, 2.24) is 10.1 Å². The second-order valence-corrected chi connectivity index (χ2v) is 4.57. The van der Waals surface area contributed by atoms with Crippen LogP contribution in [-0.2, 0) is 6.42 Å². The van der Waals surface area contributed by atoms with E-state index in [2.05, 4.69) is 15.0 Å². The van der Waals surface area contributed by atoms with Gasteiger partial charge in [0.15, 0.2) is 0 Å². The van der Waals surface area contributed by atoms with Crippen LogP contribution < -0.4 is 4.90 Å². The van der Waals surface area contributed by atoms with Gasteiger partial charge in [0.1, 0.15) is 0 Å². The number of hydrogen-bond donors (Lipinski definition) is 1. The molecule has 5 heteroatoms. The highest BCUT2D eigenvalue weighted by molar-refractivity contribution is 5.27. The first kappa shape index (κ1) is 12.4. The molecule has 2 rings (SSSR count). The number of hydrogen-bond acceptors (Lipinski definition) is 5. The van der Waals surface area contributed by atoms with Gasteiger partial charge in [-0.3, -0.25) is 0 Å². The molecule has 0 radical (unpaired) electrons. The van der Waals surface area contributed by atoms with Crippen LogP contribution in [0.2, 0.25) is 0 Å². The molecule has 1 N–H and O–H groups in total. The Morgan fingerprint density at radius 1 is 1.12 bits per heavy atom. The van der Waals surface area contributed by atoms with Crippen LogP contribution in [0, 0.1) is 0 Å². The van der Waals surface area contributed by atoms with Crippen molar-refractivity contribution >= 4 is 5.95 Å². The largest absolute Gasteiger partial charge is 0.396 e. The van der Waals surface area contributed by atoms with Gasteiger partial charge in [-0.2, -0.15) is 4.98 Å². The third kappa shape index (κ3) is 3.70. The summed E-state index contributed by atoms with van der Waals surface area (Å²) in [4.78, 5) is 6.63. The van der Waals surface area contributed by atoms with Crippen molar-refractivity contribution in [2.45, 2.75) is 44.9 Å². The van der Waals surface area contributed by atoms with Crippen LogP contribution in [0.25, 0.3) is 0 Å². The molecule has 0 aromatic carbocycles. The van der Waals surface area contributed by atoms with E-state index in [0.717, 1.165) is 38.3 Å². The summed E-state index contributed by atoms with van der Waals surface area (Å²) in [6.07, 6.45) is 7.50. The van der Waals surface area contributed by atoms with Gasteiger partial charge in [0, 0.05) is 26.1 Å². The van der Waals surface area contributed by atoms with Crippen molar-refractivity contribution in [3.05, 3.63) is 5.89 Å². The quantitative estimate of drug-likeness (QED) is 0.793. The fourth-order valence-corrected chi connectivity index (χ4v) is 2.13. The molecule has 2 heterocycles. The molecule has 0 amide bonds. The Bertz CT molecular complexity index is 319. The molecule has 96 valence electrons. The molecule has 0 spiro atoms. The van der Waals surface area contributed by atoms with Crippen molar-refractivity contribution in [3.8, 4) is 0 Å². The van der Waals surface area contributed by atoms with Crippen molar-refractivity contribution in [1.29, 1.82) is 0 Å². The van der Waals surface area contributed by atoms with Crippen LogP contribution in [-0.4, -0.2) is 34.9 Å². The van der Waals surface area contributed by atoms with Crippen molar-refractivity contribution in [2.24, 2.45) is 0 Å². The predicted octanol–water partition coefficient (Wildman–Crippen LogP) is 1.76. The molecule has 0 saturated carbocycles. The van der Waals surface area contributed by atoms with E-state index in [1.807, 2.05) is 0 Å². The first-order valence-electron chi connectivity index (χ1n) is 6.58. The maximum absolute atomic E-state index is 8.71. The van der Waals surface area contributed by atoms with Gasteiger partial charge in [-0.25, -0.2) is 0 Å². The summed E-state index contributed by atoms with van der Waals surface area (Å²) in [7, 11) is 0. The monoisotopic (exact) mass is 239 g/mol. The number of aryl methyl sites for hydroxylation is 1. The average Bonchev–Trinajstić information content (AvgIpc) is 2.64. The number of anilines is 1. The van der Waals surface area contributed by atoms with Gasteiger partial charge >= 0.3 is 0 Å². The first-order valence-corrected chi connectivity index (χ1v) is 6.58. The standard InChI is InChI=1S/C12H21N3O2/c16-10-6-3-7-11-13-12(14-17-11)15-8-4-1-2-5-9-15/h16H,1-10H2. The van der Waals surface area contributed by atoms with Gasteiger partial charge in [-0.05, 0) is 30.8 Å². The molecule has 1 aromatic rings. The average molecular weight is 239 g/mol. The fraction of sp³-hybridized carbons (Fsp3) is 0.833. The van der Waals surface area contributed by atoms with Crippen molar-refractivity contribution in [3.63, 3.8) is 0 Å². The Balaban J connectivity index is 1.87. The Kier molecular flexibility index (Phi) is 4.79. The molecule has 0 atom stereocenters. The molecule has 0 aliphatic carbocycles. The van der Waals surface area contributed by atoms with Crippen molar-refractivity contribution < 1.29 is 9.63 Å². The second kappa shape index (κ2) is 6.59. The summed E-state index contributed by atoms with van der Waals surface area (Å²) >= 11 is 0. The highest BCUT2D eigenvalue weighted by atomic mass is 16.5. The predicted molar refractivity (Wildman–Crippen MR) is 65.0 cm³/mol. The molecule has 1 fully saturated rings. The van der Waals surface area contributed by atoms with Crippen molar-refractivity contribution in [2.75, 3.05) is 24.6 Å². The lowest BCUT2D eigenvalue weighted by Gasteiger charge is -2.16. The van der Waals surface area contributed by atoms with Gasteiger partial charge < -0.3 is 14.5 Å². The van der Waals surface area contributed by atoms with Crippen LogP contribution in [0.4, 0.5) is 5.95 Å². The number of aliphatic hydroxyl groups excluding tert-OH is 1. The zero-order valence-corrected chi connectivity index (χ0v) is 10.3. The summed E-state index contributed by atoms with van der Waals surface area (Å²) in [5, 5.41) is 12.7. The van der Waals surface area contributed by atoms with E-state index in [1.54, 1.807) is 0 Å². The van der Waals surface area contributed by atoms with Crippen LogP contribution in [0.15, 0.2) is 4.52 Å². The molecule has 1 aliphatic heterocycles. The first-order chi connectivity index (χ1) is 8.40. The molecule has 1 saturated heterocycles. The Morgan fingerprint density at radius 2 is 1.88 bits per heavy atom. The van der Waals surface area contributed by atoms with Gasteiger partial charge in [-0.1, -0.05) is 12.8 Å². The number of nitrogens with zero attached hydrogens (tertiary/aromatic N) is 3. The maximum Gasteiger partial charge on any atom is 0.266 e. The topological polar surface area (TPSA) is 62.4 Å². The minimum absolute atomic E-state index is 0.229. The summed E-state index contributed by atoms with van der Waals surface area (Å²) in [6, 6.07) is 0. The van der Waals surface area contributed by atoms with Gasteiger partial charge in [-0.15, -0.1) is 0 Å². The fourth-order valence-electron chi connectivity index (χ4n) is 2.13. The Hall–Kier alpha value is -1.10. The zero-order chi connectivity index (χ0) is 11.9. The zero-order valence-electron chi connectivity index (χ0n) is 10.3. The SMILES string of the molecule is OCCCCc1nc(N2CCCCCC2)no1. The third-order valence-corrected chi connectivity index (χ3v) is 3.15. The smallest absolute Gasteiger partial charge is 0.266 e. The maximum atomic E-state index is 8.71. The molecule has 5 nitrogen and oxygen atoms in total. The minimum atomic E-state index is 0.229. The normalized spacial score (nSPS) is 17.1. The molecule has 0 bridgehead atoms. The summed E-state index contributed by atoms with van der Waals surface area (Å²) in [5.74, 6) is 1.43. The van der Waals surface area contributed by atoms with E-state index in [0.29, 0.717) is 5.89 Å². The summed E-state index contributed by atoms with van der Waals surface area (Å²) in [6.45, 7) is 2.30. The van der Waals surface area contributed by atoms with E-state index in [1.165, 1.54) is 25.7 Å². The highest BCUT2D eigenvalue weighted by Gasteiger charge is 2.15. The van der Waals surface area contributed by atoms with Gasteiger partial charge in [0.25, 0.3) is 5.95 Å². The van der Waals surface area contributed by atoms with E-state index < -0.39 is 0 Å². The number of aliphatic hydroxyl groups is 1. The summed E-state index contributed by atoms with van der Waals surface area (Å²) < 4.78 is 5.22. The number of aromatic nitrogens is 2.